The van der Waals surface area contributed by atoms with Crippen LogP contribution in [0.3, 0.4) is 0 Å². The van der Waals surface area contributed by atoms with Crippen molar-refractivity contribution in [2.75, 3.05) is 33.3 Å². The number of likely N-dealkylation sites (N-methyl/N-ethyl adjacent to an activating group) is 1. The Balaban J connectivity index is 2.08. The van der Waals surface area contributed by atoms with Gasteiger partial charge in [0.2, 0.25) is 0 Å². The molecule has 6 heteroatoms. The number of amides is 1. The minimum absolute atomic E-state index is 0.125. The van der Waals surface area contributed by atoms with Gasteiger partial charge in [0, 0.05) is 18.7 Å². The topological polar surface area (TPSA) is 70.1 Å². The largest absolute Gasteiger partial charge is 0.507 e. The predicted octanol–water partition coefficient (Wildman–Crippen LogP) is 3.77. The van der Waals surface area contributed by atoms with Gasteiger partial charge in [0.05, 0.1) is 18.7 Å². The summed E-state index contributed by atoms with van der Waals surface area (Å²) < 4.78 is 5.29. The Bertz CT molecular complexity index is 980. The number of hydrogen-bond donors (Lipinski definition) is 1. The molecule has 2 aromatic carbocycles. The number of aliphatic hydroxyl groups is 1. The number of carbonyl (C=O) groups excluding carboxylic acids is 2. The number of ether oxygens (including phenoxy) is 1. The fourth-order valence-corrected chi connectivity index (χ4v) is 4.06. The summed E-state index contributed by atoms with van der Waals surface area (Å²) in [5, 5.41) is 11.1. The van der Waals surface area contributed by atoms with Crippen LogP contribution in [0.25, 0.3) is 5.76 Å². The molecule has 0 saturated carbocycles. The van der Waals surface area contributed by atoms with Gasteiger partial charge in [0.25, 0.3) is 11.7 Å². The average Bonchev–Trinajstić information content (AvgIpc) is 3.04. The third kappa shape index (κ3) is 4.49. The van der Waals surface area contributed by atoms with Crippen LogP contribution in [0.5, 0.6) is 5.75 Å². The zero-order chi connectivity index (χ0) is 22.5. The standard InChI is InChI=1S/C25H30N2O4/c1-5-26(6-2)14-15-27-22(18-10-8-7-9-11-18)21(24(29)25(27)30)23(28)19-12-13-20(31-4)17(3)16-19/h7-13,16,22,28H,5-6,14-15H2,1-4H3/t22-/m0/s1. The van der Waals surface area contributed by atoms with Crippen LogP contribution in [-0.2, 0) is 9.59 Å². The molecule has 0 aromatic heterocycles. The fraction of sp³-hybridized carbons (Fsp3) is 0.360. The molecule has 1 amide bonds. The van der Waals surface area contributed by atoms with Gasteiger partial charge < -0.3 is 19.6 Å². The number of Topliss-reactive ketones (excluding diaryl/α,β-unsaturated/α-hetero) is 1. The van der Waals surface area contributed by atoms with Crippen LogP contribution in [0.15, 0.2) is 54.1 Å². The molecule has 0 unspecified atom stereocenters. The second kappa shape index (κ2) is 9.79. The third-order valence-corrected chi connectivity index (χ3v) is 5.88. The van der Waals surface area contributed by atoms with E-state index in [-0.39, 0.29) is 11.3 Å². The number of methoxy groups -OCH3 is 1. The SMILES string of the molecule is CCN(CC)CCN1C(=O)C(=O)C(=C(O)c2ccc(OC)c(C)c2)[C@@H]1c1ccccc1. The molecule has 31 heavy (non-hydrogen) atoms. The van der Waals surface area contributed by atoms with Crippen LogP contribution in [0.2, 0.25) is 0 Å². The summed E-state index contributed by atoms with van der Waals surface area (Å²) in [6.45, 7) is 8.79. The van der Waals surface area contributed by atoms with E-state index in [0.717, 1.165) is 24.2 Å². The van der Waals surface area contributed by atoms with Crippen LogP contribution < -0.4 is 4.74 Å². The molecule has 1 aliphatic heterocycles. The number of nitrogens with zero attached hydrogens (tertiary/aromatic N) is 2. The lowest BCUT2D eigenvalue weighted by atomic mass is 9.95. The van der Waals surface area contributed by atoms with E-state index < -0.39 is 17.7 Å². The molecule has 2 aromatic rings. The normalized spacial score (nSPS) is 18.1. The second-order valence-electron chi connectivity index (χ2n) is 7.61. The van der Waals surface area contributed by atoms with Crippen LogP contribution in [0, 0.1) is 6.92 Å². The fourth-order valence-electron chi connectivity index (χ4n) is 4.06. The van der Waals surface area contributed by atoms with Crippen molar-refractivity contribution in [3.63, 3.8) is 0 Å². The minimum atomic E-state index is -0.653. The van der Waals surface area contributed by atoms with Gasteiger partial charge >= 0.3 is 0 Å². The zero-order valence-corrected chi connectivity index (χ0v) is 18.6. The van der Waals surface area contributed by atoms with Crippen molar-refractivity contribution in [1.82, 2.24) is 9.80 Å². The van der Waals surface area contributed by atoms with Crippen LogP contribution in [0.4, 0.5) is 0 Å². The Morgan fingerprint density at radius 1 is 1.10 bits per heavy atom. The van der Waals surface area contributed by atoms with Gasteiger partial charge in [-0.1, -0.05) is 44.2 Å². The molecule has 1 heterocycles. The molecule has 1 N–H and O–H groups in total. The number of ketones is 1. The van der Waals surface area contributed by atoms with Gasteiger partial charge in [-0.2, -0.15) is 0 Å². The first kappa shape index (κ1) is 22.6. The first-order chi connectivity index (χ1) is 14.9. The molecule has 0 bridgehead atoms. The van der Waals surface area contributed by atoms with E-state index in [1.807, 2.05) is 37.3 Å². The highest BCUT2D eigenvalue weighted by Gasteiger charge is 2.45. The first-order valence-electron chi connectivity index (χ1n) is 10.6. The van der Waals surface area contributed by atoms with Gasteiger partial charge in [-0.3, -0.25) is 9.59 Å². The Kier molecular flexibility index (Phi) is 7.13. The summed E-state index contributed by atoms with van der Waals surface area (Å²) in [4.78, 5) is 29.8. The maximum Gasteiger partial charge on any atom is 0.295 e. The molecule has 1 aliphatic rings. The number of likely N-dealkylation sites (tertiary alicyclic amines) is 1. The van der Waals surface area contributed by atoms with E-state index in [4.69, 9.17) is 4.74 Å². The molecule has 3 rings (SSSR count). The highest BCUT2D eigenvalue weighted by atomic mass is 16.5. The van der Waals surface area contributed by atoms with E-state index in [1.165, 1.54) is 0 Å². The maximum absolute atomic E-state index is 13.1. The van der Waals surface area contributed by atoms with Crippen molar-refractivity contribution in [3.8, 4) is 5.75 Å². The smallest absolute Gasteiger partial charge is 0.295 e. The average molecular weight is 423 g/mol. The molecule has 0 radical (unpaired) electrons. The second-order valence-corrected chi connectivity index (χ2v) is 7.61. The summed E-state index contributed by atoms with van der Waals surface area (Å²) in [5.41, 5.74) is 2.24. The molecular weight excluding hydrogens is 392 g/mol. The van der Waals surface area contributed by atoms with Crippen LogP contribution >= 0.6 is 0 Å². The zero-order valence-electron chi connectivity index (χ0n) is 18.6. The molecule has 164 valence electrons. The quantitative estimate of drug-likeness (QED) is 0.398. The van der Waals surface area contributed by atoms with Gasteiger partial charge in [0.1, 0.15) is 11.5 Å². The van der Waals surface area contributed by atoms with E-state index in [1.54, 1.807) is 30.2 Å². The molecule has 1 atom stereocenters. The van der Waals surface area contributed by atoms with E-state index in [9.17, 15) is 14.7 Å². The van der Waals surface area contributed by atoms with Gasteiger partial charge in [-0.15, -0.1) is 0 Å². The lowest BCUT2D eigenvalue weighted by Gasteiger charge is -2.28. The predicted molar refractivity (Wildman–Crippen MR) is 121 cm³/mol. The van der Waals surface area contributed by atoms with Crippen LogP contribution in [-0.4, -0.2) is 59.9 Å². The number of carbonyl (C=O) groups is 2. The molecule has 0 aliphatic carbocycles. The Labute approximate surface area is 183 Å². The van der Waals surface area contributed by atoms with Gasteiger partial charge in [-0.25, -0.2) is 0 Å². The summed E-state index contributed by atoms with van der Waals surface area (Å²) in [7, 11) is 1.58. The summed E-state index contributed by atoms with van der Waals surface area (Å²) in [6.07, 6.45) is 0. The number of rotatable bonds is 8. The van der Waals surface area contributed by atoms with E-state index in [0.29, 0.717) is 24.4 Å². The Morgan fingerprint density at radius 2 is 1.77 bits per heavy atom. The molecule has 1 saturated heterocycles. The lowest BCUT2D eigenvalue weighted by Crippen LogP contribution is -2.38. The summed E-state index contributed by atoms with van der Waals surface area (Å²) >= 11 is 0. The monoisotopic (exact) mass is 422 g/mol. The minimum Gasteiger partial charge on any atom is -0.507 e. The van der Waals surface area contributed by atoms with Crippen molar-refractivity contribution in [2.45, 2.75) is 26.8 Å². The highest BCUT2D eigenvalue weighted by molar-refractivity contribution is 6.46. The van der Waals surface area contributed by atoms with Crippen molar-refractivity contribution in [2.24, 2.45) is 0 Å². The van der Waals surface area contributed by atoms with Crippen molar-refractivity contribution >= 4 is 17.4 Å². The van der Waals surface area contributed by atoms with Gasteiger partial charge in [-0.05, 0) is 49.3 Å². The maximum atomic E-state index is 13.1. The van der Waals surface area contributed by atoms with E-state index >= 15 is 0 Å². The first-order valence-corrected chi connectivity index (χ1v) is 10.6. The van der Waals surface area contributed by atoms with Crippen molar-refractivity contribution in [3.05, 3.63) is 70.8 Å². The Hall–Kier alpha value is -3.12. The van der Waals surface area contributed by atoms with Crippen molar-refractivity contribution < 1.29 is 19.4 Å². The summed E-state index contributed by atoms with van der Waals surface area (Å²) in [5.74, 6) is -0.703. The number of aliphatic hydroxyl groups excluding tert-OH is 1. The highest BCUT2D eigenvalue weighted by Crippen LogP contribution is 2.39. The molecule has 6 nitrogen and oxygen atoms in total. The van der Waals surface area contributed by atoms with Crippen LogP contribution in [0.1, 0.15) is 36.6 Å². The third-order valence-electron chi connectivity index (χ3n) is 5.88. The molecule has 0 spiro atoms. The molecular formula is C25H30N2O4. The Morgan fingerprint density at radius 3 is 2.35 bits per heavy atom. The molecule has 1 fully saturated rings. The van der Waals surface area contributed by atoms with E-state index in [2.05, 4.69) is 18.7 Å². The summed E-state index contributed by atoms with van der Waals surface area (Å²) in [6, 6.07) is 14.0. The number of hydrogen-bond acceptors (Lipinski definition) is 5. The van der Waals surface area contributed by atoms with Crippen molar-refractivity contribution in [1.29, 1.82) is 0 Å². The van der Waals surface area contributed by atoms with Gasteiger partial charge in [0.15, 0.2) is 0 Å². The number of aryl methyl sites for hydroxylation is 1. The number of benzene rings is 2. The lowest BCUT2D eigenvalue weighted by molar-refractivity contribution is -0.140.